The van der Waals surface area contributed by atoms with Crippen LogP contribution in [0.5, 0.6) is 0 Å². The summed E-state index contributed by atoms with van der Waals surface area (Å²) in [5.41, 5.74) is 8.52. The normalized spacial score (nSPS) is 13.2. The van der Waals surface area contributed by atoms with Crippen molar-refractivity contribution in [1.29, 1.82) is 0 Å². The Balaban J connectivity index is 1.73. The van der Waals surface area contributed by atoms with E-state index >= 15 is 0 Å². The van der Waals surface area contributed by atoms with Gasteiger partial charge in [0.25, 0.3) is 5.91 Å². The molecule has 0 bridgehead atoms. The summed E-state index contributed by atoms with van der Waals surface area (Å²) in [7, 11) is 0. The molecule has 30 heavy (non-hydrogen) atoms. The van der Waals surface area contributed by atoms with Crippen LogP contribution in [-0.2, 0) is 6.42 Å². The first kappa shape index (κ1) is 21.8. The van der Waals surface area contributed by atoms with Crippen molar-refractivity contribution in [3.05, 3.63) is 92.9 Å². The minimum atomic E-state index is -0.784. The first-order valence-corrected chi connectivity index (χ1v) is 10.4. The van der Waals surface area contributed by atoms with Gasteiger partial charge in [-0.05, 0) is 92.6 Å². The number of benzene rings is 2. The Hall–Kier alpha value is -2.85. The molecule has 2 atom stereocenters. The molecule has 1 amide bonds. The number of hydrogen-bond acceptors (Lipinski definition) is 3. The second-order valence-corrected chi connectivity index (χ2v) is 8.16. The molecule has 3 aromatic rings. The third-order valence-electron chi connectivity index (χ3n) is 6.37. The highest BCUT2D eigenvalue weighted by molar-refractivity contribution is 5.91. The summed E-state index contributed by atoms with van der Waals surface area (Å²) < 4.78 is 5.86. The van der Waals surface area contributed by atoms with Crippen LogP contribution in [-0.4, -0.2) is 17.1 Å². The Labute approximate surface area is 178 Å². The van der Waals surface area contributed by atoms with Crippen molar-refractivity contribution >= 4 is 5.91 Å². The van der Waals surface area contributed by atoms with E-state index in [-0.39, 0.29) is 11.7 Å². The second kappa shape index (κ2) is 8.88. The first-order valence-electron chi connectivity index (χ1n) is 10.4. The molecule has 0 fully saturated rings. The van der Waals surface area contributed by atoms with Gasteiger partial charge >= 0.3 is 0 Å². The summed E-state index contributed by atoms with van der Waals surface area (Å²) in [5.74, 6) is 0.687. The Morgan fingerprint density at radius 3 is 2.07 bits per heavy atom. The average molecular weight is 406 g/mol. The van der Waals surface area contributed by atoms with Crippen LogP contribution in [0.1, 0.15) is 68.3 Å². The van der Waals surface area contributed by atoms with Crippen LogP contribution < -0.4 is 5.32 Å². The molecule has 2 unspecified atom stereocenters. The van der Waals surface area contributed by atoms with Crippen molar-refractivity contribution in [2.24, 2.45) is 0 Å². The number of aliphatic hydroxyl groups excluding tert-OH is 1. The van der Waals surface area contributed by atoms with Gasteiger partial charge in [-0.25, -0.2) is 0 Å². The third-order valence-corrected chi connectivity index (χ3v) is 6.37. The monoisotopic (exact) mass is 405 g/mol. The number of nitrogens with one attached hydrogen (secondary N) is 1. The summed E-state index contributed by atoms with van der Waals surface area (Å²) in [6, 6.07) is 12.4. The van der Waals surface area contributed by atoms with Gasteiger partial charge in [0.1, 0.15) is 5.76 Å². The second-order valence-electron chi connectivity index (χ2n) is 8.16. The molecular weight excluding hydrogens is 374 g/mol. The summed E-state index contributed by atoms with van der Waals surface area (Å²) >= 11 is 0. The predicted molar refractivity (Wildman–Crippen MR) is 120 cm³/mol. The highest BCUT2D eigenvalue weighted by atomic mass is 16.4. The van der Waals surface area contributed by atoms with Crippen molar-refractivity contribution in [1.82, 2.24) is 5.32 Å². The molecule has 1 aromatic heterocycles. The zero-order valence-corrected chi connectivity index (χ0v) is 18.7. The Morgan fingerprint density at radius 2 is 1.47 bits per heavy atom. The molecule has 0 aliphatic carbocycles. The SMILES string of the molecule is Cc1c(C)c(C)c(Cc2ccc(C(=O)NC(C)C(O)c3ccccc3)o2)c(C)c1C. The number of amides is 1. The summed E-state index contributed by atoms with van der Waals surface area (Å²) in [4.78, 5) is 12.6. The lowest BCUT2D eigenvalue weighted by atomic mass is 9.88. The number of carbonyl (C=O) groups excluding carboxylic acids is 1. The molecule has 158 valence electrons. The lowest BCUT2D eigenvalue weighted by Crippen LogP contribution is -2.36. The summed E-state index contributed by atoms with van der Waals surface area (Å²) in [5, 5.41) is 13.3. The molecule has 0 saturated carbocycles. The molecule has 4 nitrogen and oxygen atoms in total. The average Bonchev–Trinajstić information content (AvgIpc) is 3.23. The maximum absolute atomic E-state index is 12.6. The molecule has 3 rings (SSSR count). The van der Waals surface area contributed by atoms with Crippen molar-refractivity contribution in [2.75, 3.05) is 0 Å². The lowest BCUT2D eigenvalue weighted by Gasteiger charge is -2.20. The maximum Gasteiger partial charge on any atom is 0.287 e. The van der Waals surface area contributed by atoms with Crippen LogP contribution in [0.15, 0.2) is 46.9 Å². The Morgan fingerprint density at radius 1 is 0.900 bits per heavy atom. The Kier molecular flexibility index (Phi) is 6.47. The fourth-order valence-corrected chi connectivity index (χ4v) is 3.91. The third kappa shape index (κ3) is 4.34. The quantitative estimate of drug-likeness (QED) is 0.588. The smallest absolute Gasteiger partial charge is 0.287 e. The van der Waals surface area contributed by atoms with Gasteiger partial charge in [0.2, 0.25) is 0 Å². The molecule has 0 aliphatic rings. The van der Waals surface area contributed by atoms with E-state index in [1.807, 2.05) is 36.4 Å². The van der Waals surface area contributed by atoms with E-state index in [1.165, 1.54) is 33.4 Å². The molecule has 4 heteroatoms. The molecule has 2 N–H and O–H groups in total. The molecule has 0 saturated heterocycles. The van der Waals surface area contributed by atoms with E-state index < -0.39 is 12.1 Å². The van der Waals surface area contributed by atoms with Gasteiger partial charge in [0.05, 0.1) is 12.1 Å². The van der Waals surface area contributed by atoms with Crippen molar-refractivity contribution in [3.63, 3.8) is 0 Å². The number of rotatable bonds is 6. The molecule has 0 radical (unpaired) electrons. The highest BCUT2D eigenvalue weighted by Crippen LogP contribution is 2.28. The van der Waals surface area contributed by atoms with Gasteiger partial charge in [-0.1, -0.05) is 30.3 Å². The van der Waals surface area contributed by atoms with Crippen LogP contribution in [0, 0.1) is 34.6 Å². The maximum atomic E-state index is 12.6. The largest absolute Gasteiger partial charge is 0.456 e. The van der Waals surface area contributed by atoms with Crippen LogP contribution in [0.25, 0.3) is 0 Å². The van der Waals surface area contributed by atoms with Crippen molar-refractivity contribution < 1.29 is 14.3 Å². The van der Waals surface area contributed by atoms with Crippen LogP contribution >= 0.6 is 0 Å². The van der Waals surface area contributed by atoms with Gasteiger partial charge < -0.3 is 14.8 Å². The van der Waals surface area contributed by atoms with Crippen LogP contribution in [0.2, 0.25) is 0 Å². The van der Waals surface area contributed by atoms with E-state index in [0.29, 0.717) is 6.42 Å². The van der Waals surface area contributed by atoms with Crippen LogP contribution in [0.4, 0.5) is 0 Å². The van der Waals surface area contributed by atoms with E-state index in [0.717, 1.165) is 11.3 Å². The highest BCUT2D eigenvalue weighted by Gasteiger charge is 2.21. The number of aliphatic hydroxyl groups is 1. The molecule has 0 aliphatic heterocycles. The zero-order chi connectivity index (χ0) is 22.0. The predicted octanol–water partition coefficient (Wildman–Crippen LogP) is 5.26. The molecular formula is C26H31NO3. The molecule has 2 aromatic carbocycles. The lowest BCUT2D eigenvalue weighted by molar-refractivity contribution is 0.0824. The van der Waals surface area contributed by atoms with Crippen molar-refractivity contribution in [3.8, 4) is 0 Å². The Bertz CT molecular complexity index is 1020. The fourth-order valence-electron chi connectivity index (χ4n) is 3.91. The standard InChI is InChI=1S/C26H31NO3/c1-15-16(2)18(4)23(19(5)17(15)3)14-22-12-13-24(30-22)26(29)27-20(6)25(28)21-10-8-7-9-11-21/h7-13,20,25,28H,14H2,1-6H3,(H,27,29). The van der Waals surface area contributed by atoms with Crippen LogP contribution in [0.3, 0.4) is 0 Å². The molecule has 0 spiro atoms. The van der Waals surface area contributed by atoms with Crippen molar-refractivity contribution in [2.45, 2.75) is 60.1 Å². The van der Waals surface area contributed by atoms with Gasteiger partial charge in [-0.15, -0.1) is 0 Å². The minimum absolute atomic E-state index is 0.257. The topological polar surface area (TPSA) is 62.5 Å². The number of hydrogen-bond donors (Lipinski definition) is 2. The summed E-state index contributed by atoms with van der Waals surface area (Å²) in [6.07, 6.45) is -0.136. The van der Waals surface area contributed by atoms with E-state index in [4.69, 9.17) is 4.42 Å². The first-order chi connectivity index (χ1) is 14.2. The van der Waals surface area contributed by atoms with Gasteiger partial charge in [-0.3, -0.25) is 4.79 Å². The minimum Gasteiger partial charge on any atom is -0.456 e. The van der Waals surface area contributed by atoms with Gasteiger partial charge in [0.15, 0.2) is 5.76 Å². The van der Waals surface area contributed by atoms with E-state index in [9.17, 15) is 9.90 Å². The summed E-state index contributed by atoms with van der Waals surface area (Å²) in [6.45, 7) is 12.5. The number of carbonyl (C=O) groups is 1. The van der Waals surface area contributed by atoms with Gasteiger partial charge in [0, 0.05) is 6.42 Å². The zero-order valence-electron chi connectivity index (χ0n) is 18.7. The van der Waals surface area contributed by atoms with Gasteiger partial charge in [-0.2, -0.15) is 0 Å². The van der Waals surface area contributed by atoms with E-state index in [1.54, 1.807) is 13.0 Å². The van der Waals surface area contributed by atoms with E-state index in [2.05, 4.69) is 39.9 Å². The number of furan rings is 1. The molecule has 1 heterocycles. The fraction of sp³-hybridized carbons (Fsp3) is 0.346.